The SMILES string of the molecule is CNC(c1ccc(Cl)s1)C(C)(C)c1ccccc1. The van der Waals surface area contributed by atoms with Crippen LogP contribution in [0.2, 0.25) is 4.34 Å². The second-order valence-electron chi connectivity index (χ2n) is 4.95. The van der Waals surface area contributed by atoms with Crippen LogP contribution < -0.4 is 5.32 Å². The summed E-state index contributed by atoms with van der Waals surface area (Å²) in [4.78, 5) is 1.27. The van der Waals surface area contributed by atoms with Crippen molar-refractivity contribution in [1.82, 2.24) is 5.32 Å². The van der Waals surface area contributed by atoms with Gasteiger partial charge >= 0.3 is 0 Å². The minimum Gasteiger partial charge on any atom is -0.312 e. The fourth-order valence-electron chi connectivity index (χ4n) is 2.38. The van der Waals surface area contributed by atoms with Crippen LogP contribution in [0.5, 0.6) is 0 Å². The molecule has 1 nitrogen and oxygen atoms in total. The zero-order valence-electron chi connectivity index (χ0n) is 10.9. The Balaban J connectivity index is 2.38. The molecule has 96 valence electrons. The Hall–Kier alpha value is -0.830. The van der Waals surface area contributed by atoms with Crippen molar-refractivity contribution in [3.63, 3.8) is 0 Å². The summed E-state index contributed by atoms with van der Waals surface area (Å²) in [6, 6.07) is 14.9. The topological polar surface area (TPSA) is 12.0 Å². The van der Waals surface area contributed by atoms with E-state index < -0.39 is 0 Å². The fourth-order valence-corrected chi connectivity index (χ4v) is 3.73. The lowest BCUT2D eigenvalue weighted by molar-refractivity contribution is 0.373. The molecule has 1 aromatic carbocycles. The molecule has 0 radical (unpaired) electrons. The molecule has 0 aliphatic rings. The molecule has 0 aliphatic carbocycles. The second-order valence-corrected chi connectivity index (χ2v) is 6.70. The van der Waals surface area contributed by atoms with Crippen molar-refractivity contribution in [2.24, 2.45) is 0 Å². The third kappa shape index (κ3) is 2.61. The average Bonchev–Trinajstić information content (AvgIpc) is 2.77. The van der Waals surface area contributed by atoms with Gasteiger partial charge in [-0.25, -0.2) is 0 Å². The largest absolute Gasteiger partial charge is 0.312 e. The normalized spacial score (nSPS) is 13.6. The number of hydrogen-bond donors (Lipinski definition) is 1. The first-order valence-electron chi connectivity index (χ1n) is 6.03. The van der Waals surface area contributed by atoms with E-state index in [1.165, 1.54) is 10.4 Å². The molecule has 2 aromatic rings. The molecule has 1 atom stereocenters. The summed E-state index contributed by atoms with van der Waals surface area (Å²) in [5.74, 6) is 0. The number of likely N-dealkylation sites (N-methyl/N-ethyl adjacent to an activating group) is 1. The average molecular weight is 280 g/mol. The maximum atomic E-state index is 6.05. The van der Waals surface area contributed by atoms with Crippen LogP contribution in [-0.4, -0.2) is 7.05 Å². The van der Waals surface area contributed by atoms with Crippen LogP contribution in [0.25, 0.3) is 0 Å². The standard InChI is InChI=1S/C15H18ClNS/c1-15(2,11-7-5-4-6-8-11)14(17-3)12-9-10-13(16)18-12/h4-10,14,17H,1-3H3. The van der Waals surface area contributed by atoms with E-state index in [4.69, 9.17) is 11.6 Å². The number of hydrogen-bond acceptors (Lipinski definition) is 2. The number of nitrogens with one attached hydrogen (secondary N) is 1. The van der Waals surface area contributed by atoms with Gasteiger partial charge in [-0.1, -0.05) is 55.8 Å². The predicted molar refractivity (Wildman–Crippen MR) is 80.6 cm³/mol. The summed E-state index contributed by atoms with van der Waals surface area (Å²) < 4.78 is 0.842. The van der Waals surface area contributed by atoms with Crippen LogP contribution >= 0.6 is 22.9 Å². The van der Waals surface area contributed by atoms with E-state index in [2.05, 4.69) is 55.6 Å². The minimum atomic E-state index is 0.0180. The monoisotopic (exact) mass is 279 g/mol. The highest BCUT2D eigenvalue weighted by Gasteiger charge is 2.32. The quantitative estimate of drug-likeness (QED) is 0.860. The summed E-state index contributed by atoms with van der Waals surface area (Å²) in [5, 5.41) is 3.42. The summed E-state index contributed by atoms with van der Waals surface area (Å²) in [5.41, 5.74) is 1.35. The van der Waals surface area contributed by atoms with Gasteiger partial charge in [0.15, 0.2) is 0 Å². The Bertz CT molecular complexity index is 504. The number of rotatable bonds is 4. The highest BCUT2D eigenvalue weighted by Crippen LogP contribution is 2.40. The fraction of sp³-hybridized carbons (Fsp3) is 0.333. The summed E-state index contributed by atoms with van der Waals surface area (Å²) >= 11 is 7.69. The lowest BCUT2D eigenvalue weighted by atomic mass is 9.77. The van der Waals surface area contributed by atoms with E-state index in [0.29, 0.717) is 0 Å². The highest BCUT2D eigenvalue weighted by molar-refractivity contribution is 7.16. The van der Waals surface area contributed by atoms with Gasteiger partial charge in [0.2, 0.25) is 0 Å². The third-order valence-electron chi connectivity index (χ3n) is 3.41. The van der Waals surface area contributed by atoms with Gasteiger partial charge in [0.05, 0.1) is 10.4 Å². The van der Waals surface area contributed by atoms with Crippen molar-refractivity contribution < 1.29 is 0 Å². The van der Waals surface area contributed by atoms with Crippen molar-refractivity contribution in [2.75, 3.05) is 7.05 Å². The van der Waals surface area contributed by atoms with Gasteiger partial charge in [0, 0.05) is 10.3 Å². The highest BCUT2D eigenvalue weighted by atomic mass is 35.5. The Labute approximate surface area is 118 Å². The van der Waals surface area contributed by atoms with Crippen molar-refractivity contribution in [2.45, 2.75) is 25.3 Å². The molecule has 1 N–H and O–H groups in total. The Morgan fingerprint density at radius 1 is 1.11 bits per heavy atom. The van der Waals surface area contributed by atoms with Gasteiger partial charge in [-0.2, -0.15) is 0 Å². The van der Waals surface area contributed by atoms with E-state index in [-0.39, 0.29) is 11.5 Å². The first-order chi connectivity index (χ1) is 8.55. The zero-order valence-corrected chi connectivity index (χ0v) is 12.5. The Morgan fingerprint density at radius 3 is 2.28 bits per heavy atom. The van der Waals surface area contributed by atoms with Crippen molar-refractivity contribution >= 4 is 22.9 Å². The number of benzene rings is 1. The van der Waals surface area contributed by atoms with Gasteiger partial charge in [-0.3, -0.25) is 0 Å². The number of thiophene rings is 1. The molecule has 2 rings (SSSR count). The molecule has 0 spiro atoms. The zero-order chi connectivity index (χ0) is 13.2. The van der Waals surface area contributed by atoms with Crippen molar-refractivity contribution in [3.05, 3.63) is 57.2 Å². The molecule has 0 saturated heterocycles. The molecule has 3 heteroatoms. The molecule has 18 heavy (non-hydrogen) atoms. The molecular weight excluding hydrogens is 262 g/mol. The second kappa shape index (κ2) is 5.43. The van der Waals surface area contributed by atoms with E-state index in [0.717, 1.165) is 4.34 Å². The maximum Gasteiger partial charge on any atom is 0.0931 e. The molecule has 1 heterocycles. The minimum absolute atomic E-state index is 0.0180. The first-order valence-corrected chi connectivity index (χ1v) is 7.23. The first kappa shape index (κ1) is 13.6. The van der Waals surface area contributed by atoms with Crippen LogP contribution in [0.4, 0.5) is 0 Å². The molecule has 0 fully saturated rings. The molecule has 1 aromatic heterocycles. The van der Waals surface area contributed by atoms with Crippen LogP contribution in [0.3, 0.4) is 0 Å². The summed E-state index contributed by atoms with van der Waals surface area (Å²) in [6.07, 6.45) is 0. The summed E-state index contributed by atoms with van der Waals surface area (Å²) in [7, 11) is 2.00. The van der Waals surface area contributed by atoms with Gasteiger partial charge in [0.25, 0.3) is 0 Å². The third-order valence-corrected chi connectivity index (χ3v) is 4.70. The molecule has 0 saturated carbocycles. The van der Waals surface area contributed by atoms with Gasteiger partial charge in [-0.05, 0) is 24.7 Å². The lowest BCUT2D eigenvalue weighted by Crippen LogP contribution is -2.34. The van der Waals surface area contributed by atoms with E-state index in [9.17, 15) is 0 Å². The summed E-state index contributed by atoms with van der Waals surface area (Å²) in [6.45, 7) is 4.52. The van der Waals surface area contributed by atoms with Gasteiger partial charge in [0.1, 0.15) is 0 Å². The van der Waals surface area contributed by atoms with E-state index in [1.807, 2.05) is 13.1 Å². The van der Waals surface area contributed by atoms with Crippen LogP contribution in [0.1, 0.15) is 30.3 Å². The van der Waals surface area contributed by atoms with E-state index in [1.54, 1.807) is 11.3 Å². The maximum absolute atomic E-state index is 6.05. The molecule has 1 unspecified atom stereocenters. The smallest absolute Gasteiger partial charge is 0.0931 e. The van der Waals surface area contributed by atoms with Crippen LogP contribution in [0, 0.1) is 0 Å². The predicted octanol–water partition coefficient (Wildman–Crippen LogP) is 4.64. The van der Waals surface area contributed by atoms with Gasteiger partial charge < -0.3 is 5.32 Å². The Kier molecular flexibility index (Phi) is 4.10. The van der Waals surface area contributed by atoms with Gasteiger partial charge in [-0.15, -0.1) is 11.3 Å². The van der Waals surface area contributed by atoms with Crippen LogP contribution in [0.15, 0.2) is 42.5 Å². The molecular formula is C15H18ClNS. The molecule has 0 bridgehead atoms. The van der Waals surface area contributed by atoms with Crippen molar-refractivity contribution in [3.8, 4) is 0 Å². The van der Waals surface area contributed by atoms with Crippen molar-refractivity contribution in [1.29, 1.82) is 0 Å². The number of halogens is 1. The van der Waals surface area contributed by atoms with Crippen LogP contribution in [-0.2, 0) is 5.41 Å². The Morgan fingerprint density at radius 2 is 1.78 bits per heavy atom. The molecule has 0 aliphatic heterocycles. The van der Waals surface area contributed by atoms with E-state index >= 15 is 0 Å². The molecule has 0 amide bonds. The lowest BCUT2D eigenvalue weighted by Gasteiger charge is -2.34.